The van der Waals surface area contributed by atoms with Gasteiger partial charge in [-0.05, 0) is 34.5 Å². The van der Waals surface area contributed by atoms with Gasteiger partial charge in [-0.2, -0.15) is 0 Å². The van der Waals surface area contributed by atoms with E-state index in [2.05, 4.69) is 15.9 Å². The molecule has 1 unspecified atom stereocenters. The first kappa shape index (κ1) is 14.8. The summed E-state index contributed by atoms with van der Waals surface area (Å²) in [6.07, 6.45) is 1.18. The molecule has 0 radical (unpaired) electrons. The van der Waals surface area contributed by atoms with Gasteiger partial charge in [-0.3, -0.25) is 4.79 Å². The van der Waals surface area contributed by atoms with Crippen molar-refractivity contribution < 1.29 is 22.7 Å². The Morgan fingerprint density at radius 2 is 1.86 bits per heavy atom. The van der Waals surface area contributed by atoms with E-state index in [0.29, 0.717) is 41.2 Å². The Balaban J connectivity index is 1.92. The average molecular weight is 375 g/mol. The number of carbonyl (C=O) groups is 1. The summed E-state index contributed by atoms with van der Waals surface area (Å²) in [5, 5.41) is 0. The van der Waals surface area contributed by atoms with Crippen LogP contribution in [-0.4, -0.2) is 38.9 Å². The molecule has 3 rings (SSSR count). The van der Waals surface area contributed by atoms with Crippen LogP contribution < -0.4 is 9.47 Å². The fourth-order valence-corrected chi connectivity index (χ4v) is 4.85. The van der Waals surface area contributed by atoms with Crippen LogP contribution in [0.2, 0.25) is 0 Å². The van der Waals surface area contributed by atoms with Crippen LogP contribution in [0.1, 0.15) is 23.2 Å². The third kappa shape index (κ3) is 3.08. The Morgan fingerprint density at radius 3 is 2.48 bits per heavy atom. The normalized spacial score (nSPS) is 23.6. The molecule has 7 heteroatoms. The highest BCUT2D eigenvalue weighted by atomic mass is 79.9. The first-order chi connectivity index (χ1) is 9.96. The van der Waals surface area contributed by atoms with E-state index >= 15 is 0 Å². The van der Waals surface area contributed by atoms with Gasteiger partial charge in [0.25, 0.3) is 0 Å². The van der Waals surface area contributed by atoms with E-state index in [-0.39, 0.29) is 17.3 Å². The summed E-state index contributed by atoms with van der Waals surface area (Å²) >= 11 is 3.37. The third-order valence-corrected chi connectivity index (χ3v) is 6.13. The van der Waals surface area contributed by atoms with Crippen LogP contribution in [0, 0.1) is 5.92 Å². The summed E-state index contributed by atoms with van der Waals surface area (Å²) in [4.78, 5) is 12.5. The van der Waals surface area contributed by atoms with Crippen LogP contribution in [-0.2, 0) is 9.84 Å². The Hall–Kier alpha value is -1.08. The quantitative estimate of drug-likeness (QED) is 0.742. The first-order valence-electron chi connectivity index (χ1n) is 6.80. The van der Waals surface area contributed by atoms with Crippen molar-refractivity contribution in [2.75, 3.05) is 24.7 Å². The van der Waals surface area contributed by atoms with Gasteiger partial charge in [0.05, 0.1) is 24.7 Å². The maximum absolute atomic E-state index is 12.5. The van der Waals surface area contributed by atoms with Crippen LogP contribution in [0.5, 0.6) is 11.5 Å². The predicted molar refractivity (Wildman–Crippen MR) is 80.8 cm³/mol. The minimum Gasteiger partial charge on any atom is -0.490 e. The molecule has 0 spiro atoms. The van der Waals surface area contributed by atoms with Crippen LogP contribution in [0.15, 0.2) is 16.6 Å². The highest BCUT2D eigenvalue weighted by molar-refractivity contribution is 9.10. The maximum Gasteiger partial charge on any atom is 0.168 e. The van der Waals surface area contributed by atoms with E-state index in [1.54, 1.807) is 12.1 Å². The standard InChI is InChI=1S/C14H15BrO5S/c15-11-7-13-12(19-3-1-4-20-13)6-10(11)14(16)9-2-5-21(17,18)8-9/h6-7,9H,1-5,8H2. The number of benzene rings is 1. The predicted octanol–water partition coefficient (Wildman–Crippen LogP) is 2.23. The fourth-order valence-electron chi connectivity index (χ4n) is 2.59. The SMILES string of the molecule is O=C(c1cc2c(cc1Br)OCCCO2)C1CCS(=O)(=O)C1. The molecule has 1 aromatic rings. The maximum atomic E-state index is 12.5. The molecular formula is C14H15BrO5S. The minimum atomic E-state index is -3.08. The van der Waals surface area contributed by atoms with Crippen molar-refractivity contribution in [1.82, 2.24) is 0 Å². The van der Waals surface area contributed by atoms with Crippen LogP contribution in [0.4, 0.5) is 0 Å². The molecule has 0 N–H and O–H groups in total. The molecular weight excluding hydrogens is 360 g/mol. The second-order valence-electron chi connectivity index (χ2n) is 5.29. The van der Waals surface area contributed by atoms with Crippen LogP contribution in [0.25, 0.3) is 0 Å². The summed E-state index contributed by atoms with van der Waals surface area (Å²) in [6, 6.07) is 3.37. The molecule has 114 valence electrons. The zero-order valence-electron chi connectivity index (χ0n) is 11.3. The zero-order chi connectivity index (χ0) is 15.0. The smallest absolute Gasteiger partial charge is 0.168 e. The highest BCUT2D eigenvalue weighted by Crippen LogP contribution is 2.37. The molecule has 1 fully saturated rings. The summed E-state index contributed by atoms with van der Waals surface area (Å²) in [5.74, 6) is 0.558. The number of ether oxygens (including phenoxy) is 2. The number of halogens is 1. The van der Waals surface area contributed by atoms with Gasteiger partial charge in [0.1, 0.15) is 0 Å². The Labute approximate surface area is 131 Å². The van der Waals surface area contributed by atoms with Gasteiger partial charge < -0.3 is 9.47 Å². The van der Waals surface area contributed by atoms with Crippen molar-refractivity contribution in [2.45, 2.75) is 12.8 Å². The molecule has 5 nitrogen and oxygen atoms in total. The molecule has 1 saturated heterocycles. The third-order valence-electron chi connectivity index (χ3n) is 3.71. The van der Waals surface area contributed by atoms with E-state index in [1.807, 2.05) is 0 Å². The molecule has 0 amide bonds. The number of sulfone groups is 1. The molecule has 0 aromatic heterocycles. The fraction of sp³-hybridized carbons (Fsp3) is 0.500. The van der Waals surface area contributed by atoms with Gasteiger partial charge in [0.15, 0.2) is 27.1 Å². The summed E-state index contributed by atoms with van der Waals surface area (Å²) in [5.41, 5.74) is 0.460. The van der Waals surface area contributed by atoms with Crippen LogP contribution >= 0.6 is 15.9 Å². The van der Waals surface area contributed by atoms with Gasteiger partial charge in [-0.25, -0.2) is 8.42 Å². The number of fused-ring (bicyclic) bond motifs is 1. The Kier molecular flexibility index (Phi) is 3.96. The number of hydrogen-bond donors (Lipinski definition) is 0. The van der Waals surface area contributed by atoms with Gasteiger partial charge in [0, 0.05) is 22.4 Å². The van der Waals surface area contributed by atoms with Crippen molar-refractivity contribution in [3.05, 3.63) is 22.2 Å². The van der Waals surface area contributed by atoms with E-state index in [0.717, 1.165) is 6.42 Å². The number of Topliss-reactive ketones (excluding diaryl/α,β-unsaturated/α-hetero) is 1. The van der Waals surface area contributed by atoms with Crippen molar-refractivity contribution in [1.29, 1.82) is 0 Å². The van der Waals surface area contributed by atoms with E-state index < -0.39 is 15.8 Å². The molecule has 2 heterocycles. The summed E-state index contributed by atoms with van der Waals surface area (Å²) in [7, 11) is -3.08. The largest absolute Gasteiger partial charge is 0.490 e. The van der Waals surface area contributed by atoms with Crippen molar-refractivity contribution in [3.8, 4) is 11.5 Å². The lowest BCUT2D eigenvalue weighted by atomic mass is 9.97. The molecule has 21 heavy (non-hydrogen) atoms. The lowest BCUT2D eigenvalue weighted by Gasteiger charge is -2.13. The molecule has 2 aliphatic heterocycles. The lowest BCUT2D eigenvalue weighted by Crippen LogP contribution is -2.17. The molecule has 0 bridgehead atoms. The number of ketones is 1. The monoisotopic (exact) mass is 374 g/mol. The zero-order valence-corrected chi connectivity index (χ0v) is 13.7. The first-order valence-corrected chi connectivity index (χ1v) is 9.41. The Bertz CT molecular complexity index is 683. The van der Waals surface area contributed by atoms with E-state index in [1.165, 1.54) is 0 Å². The average Bonchev–Trinajstić information content (AvgIpc) is 2.66. The number of hydrogen-bond acceptors (Lipinski definition) is 5. The summed E-state index contributed by atoms with van der Waals surface area (Å²) < 4.78 is 34.8. The summed E-state index contributed by atoms with van der Waals surface area (Å²) in [6.45, 7) is 1.12. The topological polar surface area (TPSA) is 69.7 Å². The van der Waals surface area contributed by atoms with Crippen molar-refractivity contribution >= 4 is 31.6 Å². The number of carbonyl (C=O) groups excluding carboxylic acids is 1. The molecule has 0 aliphatic carbocycles. The van der Waals surface area contributed by atoms with E-state index in [4.69, 9.17) is 9.47 Å². The van der Waals surface area contributed by atoms with Crippen molar-refractivity contribution in [3.63, 3.8) is 0 Å². The van der Waals surface area contributed by atoms with Crippen molar-refractivity contribution in [2.24, 2.45) is 5.92 Å². The molecule has 0 saturated carbocycles. The van der Waals surface area contributed by atoms with Gasteiger partial charge in [0.2, 0.25) is 0 Å². The molecule has 1 aromatic carbocycles. The molecule has 1 atom stereocenters. The minimum absolute atomic E-state index is 0.0628. The molecule has 2 aliphatic rings. The van der Waals surface area contributed by atoms with Gasteiger partial charge in [-0.15, -0.1) is 0 Å². The lowest BCUT2D eigenvalue weighted by molar-refractivity contribution is 0.0932. The van der Waals surface area contributed by atoms with Gasteiger partial charge >= 0.3 is 0 Å². The van der Waals surface area contributed by atoms with E-state index in [9.17, 15) is 13.2 Å². The van der Waals surface area contributed by atoms with Gasteiger partial charge in [-0.1, -0.05) is 0 Å². The second kappa shape index (κ2) is 5.61. The highest BCUT2D eigenvalue weighted by Gasteiger charge is 2.34. The Morgan fingerprint density at radius 1 is 1.19 bits per heavy atom. The van der Waals surface area contributed by atoms with Crippen LogP contribution in [0.3, 0.4) is 0 Å². The second-order valence-corrected chi connectivity index (χ2v) is 8.38. The number of rotatable bonds is 2.